The lowest BCUT2D eigenvalue weighted by Gasteiger charge is -2.25. The minimum Gasteiger partial charge on any atom is -0.481 e. The molecule has 2 N–H and O–H groups in total. The highest BCUT2D eigenvalue weighted by molar-refractivity contribution is 5.77. The van der Waals surface area contributed by atoms with Crippen LogP contribution in [0.1, 0.15) is 32.1 Å². The number of urea groups is 1. The molecule has 0 aromatic rings. The predicted octanol–water partition coefficient (Wildman–Crippen LogP) is 0.977. The zero-order valence-corrected chi connectivity index (χ0v) is 12.2. The summed E-state index contributed by atoms with van der Waals surface area (Å²) in [5, 5.41) is 12.0. The summed E-state index contributed by atoms with van der Waals surface area (Å²) in [7, 11) is 1.77. The Morgan fingerprint density at radius 2 is 1.95 bits per heavy atom. The normalized spacial score (nSPS) is 26.6. The topological polar surface area (TPSA) is 72.9 Å². The Bertz CT molecular complexity index is 356. The summed E-state index contributed by atoms with van der Waals surface area (Å²) in [4.78, 5) is 27.2. The van der Waals surface area contributed by atoms with E-state index in [1.54, 1.807) is 11.9 Å². The van der Waals surface area contributed by atoms with Crippen molar-refractivity contribution < 1.29 is 14.7 Å². The van der Waals surface area contributed by atoms with Gasteiger partial charge in [-0.2, -0.15) is 0 Å². The molecule has 0 spiro atoms. The van der Waals surface area contributed by atoms with Crippen molar-refractivity contribution in [2.45, 2.75) is 38.1 Å². The van der Waals surface area contributed by atoms with Crippen LogP contribution in [0.15, 0.2) is 0 Å². The predicted molar refractivity (Wildman–Crippen MR) is 75.6 cm³/mol. The fraction of sp³-hybridized carbons (Fsp3) is 0.857. The third-order valence-electron chi connectivity index (χ3n) is 4.44. The van der Waals surface area contributed by atoms with Gasteiger partial charge in [0, 0.05) is 26.2 Å². The highest BCUT2D eigenvalue weighted by atomic mass is 16.4. The van der Waals surface area contributed by atoms with E-state index >= 15 is 0 Å². The van der Waals surface area contributed by atoms with E-state index in [9.17, 15) is 9.59 Å². The van der Waals surface area contributed by atoms with Crippen LogP contribution in [-0.2, 0) is 4.79 Å². The summed E-state index contributed by atoms with van der Waals surface area (Å²) in [5.41, 5.74) is 0. The maximum absolute atomic E-state index is 12.1. The Balaban J connectivity index is 1.74. The van der Waals surface area contributed by atoms with Crippen LogP contribution in [0.4, 0.5) is 4.79 Å². The second kappa shape index (κ2) is 6.92. The van der Waals surface area contributed by atoms with E-state index in [1.165, 1.54) is 12.8 Å². The molecule has 1 heterocycles. The number of likely N-dealkylation sites (N-methyl/N-ethyl adjacent to an activating group) is 1. The maximum Gasteiger partial charge on any atom is 0.317 e. The molecule has 6 nitrogen and oxygen atoms in total. The molecule has 0 aromatic carbocycles. The first-order chi connectivity index (χ1) is 9.58. The molecular formula is C14H25N3O3. The van der Waals surface area contributed by atoms with Crippen molar-refractivity contribution in [3.8, 4) is 0 Å². The molecule has 2 atom stereocenters. The van der Waals surface area contributed by atoms with E-state index in [2.05, 4.69) is 10.2 Å². The van der Waals surface area contributed by atoms with Crippen molar-refractivity contribution >= 4 is 12.0 Å². The molecule has 2 aliphatic rings. The van der Waals surface area contributed by atoms with E-state index in [-0.39, 0.29) is 12.1 Å². The summed E-state index contributed by atoms with van der Waals surface area (Å²) >= 11 is 0. The SMILES string of the molecule is CN(CCN1CCCC1)C(=O)NC1CCCC1C(=O)O. The highest BCUT2D eigenvalue weighted by Gasteiger charge is 2.34. The van der Waals surface area contributed by atoms with Gasteiger partial charge in [-0.3, -0.25) is 4.79 Å². The van der Waals surface area contributed by atoms with Crippen LogP contribution in [0, 0.1) is 5.92 Å². The highest BCUT2D eigenvalue weighted by Crippen LogP contribution is 2.25. The van der Waals surface area contributed by atoms with Gasteiger partial charge in [-0.1, -0.05) is 6.42 Å². The van der Waals surface area contributed by atoms with Crippen molar-refractivity contribution in [2.75, 3.05) is 33.2 Å². The minimum atomic E-state index is -0.799. The largest absolute Gasteiger partial charge is 0.481 e. The van der Waals surface area contributed by atoms with Gasteiger partial charge >= 0.3 is 12.0 Å². The maximum atomic E-state index is 12.1. The number of carboxylic acid groups (broad SMARTS) is 1. The third kappa shape index (κ3) is 3.85. The molecule has 0 bridgehead atoms. The summed E-state index contributed by atoms with van der Waals surface area (Å²) < 4.78 is 0. The van der Waals surface area contributed by atoms with Gasteiger partial charge < -0.3 is 20.2 Å². The molecule has 0 aromatic heterocycles. The average molecular weight is 283 g/mol. The standard InChI is InChI=1S/C14H25N3O3/c1-16(9-10-17-7-2-3-8-17)14(20)15-12-6-4-5-11(12)13(18)19/h11-12H,2-10H2,1H3,(H,15,20)(H,18,19). The lowest BCUT2D eigenvalue weighted by atomic mass is 10.0. The molecular weight excluding hydrogens is 258 g/mol. The van der Waals surface area contributed by atoms with Gasteiger partial charge in [0.2, 0.25) is 0 Å². The van der Waals surface area contributed by atoms with E-state index in [0.29, 0.717) is 13.0 Å². The summed E-state index contributed by atoms with van der Waals surface area (Å²) in [6.07, 6.45) is 4.80. The van der Waals surface area contributed by atoms with Crippen LogP contribution >= 0.6 is 0 Å². The van der Waals surface area contributed by atoms with Gasteiger partial charge in [0.1, 0.15) is 0 Å². The fourth-order valence-corrected chi connectivity index (χ4v) is 3.10. The van der Waals surface area contributed by atoms with E-state index < -0.39 is 11.9 Å². The number of carboxylic acids is 1. The van der Waals surface area contributed by atoms with Crippen molar-refractivity contribution in [1.82, 2.24) is 15.1 Å². The molecule has 0 radical (unpaired) electrons. The van der Waals surface area contributed by atoms with E-state index in [0.717, 1.165) is 32.5 Å². The van der Waals surface area contributed by atoms with Crippen molar-refractivity contribution in [2.24, 2.45) is 5.92 Å². The number of hydrogen-bond acceptors (Lipinski definition) is 3. The molecule has 1 saturated heterocycles. The molecule has 2 rings (SSSR count). The van der Waals surface area contributed by atoms with Crippen molar-refractivity contribution in [3.05, 3.63) is 0 Å². The van der Waals surface area contributed by atoms with Crippen LogP contribution in [0.3, 0.4) is 0 Å². The summed E-state index contributed by atoms with van der Waals surface area (Å²) in [6.45, 7) is 3.84. The number of nitrogens with one attached hydrogen (secondary N) is 1. The zero-order valence-electron chi connectivity index (χ0n) is 12.2. The Labute approximate surface area is 120 Å². The molecule has 1 saturated carbocycles. The first-order valence-electron chi connectivity index (χ1n) is 7.54. The first kappa shape index (κ1) is 15.1. The molecule has 1 aliphatic heterocycles. The quantitative estimate of drug-likeness (QED) is 0.789. The van der Waals surface area contributed by atoms with Crippen LogP contribution in [0.25, 0.3) is 0 Å². The molecule has 114 valence electrons. The molecule has 2 fully saturated rings. The molecule has 2 amide bonds. The van der Waals surface area contributed by atoms with Gasteiger partial charge in [-0.25, -0.2) is 4.79 Å². The van der Waals surface area contributed by atoms with Crippen LogP contribution < -0.4 is 5.32 Å². The summed E-state index contributed by atoms with van der Waals surface area (Å²) in [5.74, 6) is -1.22. The second-order valence-corrected chi connectivity index (χ2v) is 5.90. The van der Waals surface area contributed by atoms with Gasteiger partial charge in [0.15, 0.2) is 0 Å². The minimum absolute atomic E-state index is 0.151. The number of nitrogens with zero attached hydrogens (tertiary/aromatic N) is 2. The summed E-state index contributed by atoms with van der Waals surface area (Å²) in [6, 6.07) is -0.364. The number of aliphatic carboxylic acids is 1. The average Bonchev–Trinajstić information content (AvgIpc) is 3.06. The Hall–Kier alpha value is -1.30. The lowest BCUT2D eigenvalue weighted by molar-refractivity contribution is -0.142. The van der Waals surface area contributed by atoms with Crippen LogP contribution in [0.2, 0.25) is 0 Å². The van der Waals surface area contributed by atoms with Gasteiger partial charge in [0.25, 0.3) is 0 Å². The molecule has 20 heavy (non-hydrogen) atoms. The van der Waals surface area contributed by atoms with E-state index in [1.807, 2.05) is 0 Å². The van der Waals surface area contributed by atoms with Gasteiger partial charge in [-0.05, 0) is 38.8 Å². The fourth-order valence-electron chi connectivity index (χ4n) is 3.10. The number of carbonyl (C=O) groups is 2. The van der Waals surface area contributed by atoms with Crippen molar-refractivity contribution in [1.29, 1.82) is 0 Å². The third-order valence-corrected chi connectivity index (χ3v) is 4.44. The smallest absolute Gasteiger partial charge is 0.317 e. The number of hydrogen-bond donors (Lipinski definition) is 2. The van der Waals surface area contributed by atoms with Gasteiger partial charge in [-0.15, -0.1) is 0 Å². The number of amides is 2. The molecule has 2 unspecified atom stereocenters. The number of rotatable bonds is 5. The second-order valence-electron chi connectivity index (χ2n) is 5.90. The van der Waals surface area contributed by atoms with Crippen LogP contribution in [0.5, 0.6) is 0 Å². The van der Waals surface area contributed by atoms with E-state index in [4.69, 9.17) is 5.11 Å². The Morgan fingerprint density at radius 1 is 1.25 bits per heavy atom. The monoisotopic (exact) mass is 283 g/mol. The number of carbonyl (C=O) groups excluding carboxylic acids is 1. The van der Waals surface area contributed by atoms with Crippen LogP contribution in [-0.4, -0.2) is 66.2 Å². The molecule has 1 aliphatic carbocycles. The lowest BCUT2D eigenvalue weighted by Crippen LogP contribution is -2.47. The van der Waals surface area contributed by atoms with Gasteiger partial charge in [0.05, 0.1) is 5.92 Å². The van der Waals surface area contributed by atoms with Crippen molar-refractivity contribution in [3.63, 3.8) is 0 Å². The zero-order chi connectivity index (χ0) is 14.5. The molecule has 6 heteroatoms. The Morgan fingerprint density at radius 3 is 2.60 bits per heavy atom. The number of likely N-dealkylation sites (tertiary alicyclic amines) is 1. The Kier molecular flexibility index (Phi) is 5.23. The first-order valence-corrected chi connectivity index (χ1v) is 7.54.